The molecule has 2 aromatic carbocycles. The van der Waals surface area contributed by atoms with E-state index in [0.29, 0.717) is 21.5 Å². The zero-order valence-electron chi connectivity index (χ0n) is 16.6. The molecule has 4 nitrogen and oxygen atoms in total. The van der Waals surface area contributed by atoms with Crippen LogP contribution in [0.2, 0.25) is 0 Å². The molecule has 0 saturated heterocycles. The normalized spacial score (nSPS) is 20.7. The lowest BCUT2D eigenvalue weighted by Gasteiger charge is -2.43. The van der Waals surface area contributed by atoms with Gasteiger partial charge < -0.3 is 10.1 Å². The second-order valence-electron chi connectivity index (χ2n) is 7.71. The molecule has 156 valence electrons. The number of hydrogen-bond donors (Lipinski definition) is 1. The molecule has 2 aromatic rings. The Kier molecular flexibility index (Phi) is 5.23. The number of ether oxygens (including phenoxy) is 1. The monoisotopic (exact) mass is 474 g/mol. The van der Waals surface area contributed by atoms with Crippen LogP contribution in [-0.4, -0.2) is 19.1 Å². The molecule has 0 spiro atoms. The molecule has 1 saturated carbocycles. The number of nitrogens with zero attached hydrogens (tertiary/aromatic N) is 1. The SMILES string of the molecule is COc1ccc(CN2C(=O)N[C@](C#CC3CC3)(C(C)(F)F)c3ccc(Br)cc32)cc1. The van der Waals surface area contributed by atoms with Gasteiger partial charge in [0.2, 0.25) is 0 Å². The summed E-state index contributed by atoms with van der Waals surface area (Å²) in [6, 6.07) is 11.7. The maximum Gasteiger partial charge on any atom is 0.323 e. The molecule has 1 heterocycles. The lowest BCUT2D eigenvalue weighted by molar-refractivity contribution is -0.0471. The number of methoxy groups -OCH3 is 1. The van der Waals surface area contributed by atoms with Gasteiger partial charge in [-0.05, 0) is 42.7 Å². The van der Waals surface area contributed by atoms with Crippen LogP contribution < -0.4 is 15.0 Å². The van der Waals surface area contributed by atoms with E-state index >= 15 is 0 Å². The molecule has 1 atom stereocenters. The molecule has 0 bridgehead atoms. The summed E-state index contributed by atoms with van der Waals surface area (Å²) < 4.78 is 35.8. The van der Waals surface area contributed by atoms with Crippen LogP contribution >= 0.6 is 15.9 Å². The third-order valence-corrected chi connectivity index (χ3v) is 5.89. The minimum Gasteiger partial charge on any atom is -0.497 e. The minimum absolute atomic E-state index is 0.123. The van der Waals surface area contributed by atoms with E-state index in [4.69, 9.17) is 4.74 Å². The quantitative estimate of drug-likeness (QED) is 0.598. The smallest absolute Gasteiger partial charge is 0.323 e. The fourth-order valence-electron chi connectivity index (χ4n) is 3.51. The Morgan fingerprint density at radius 1 is 1.27 bits per heavy atom. The van der Waals surface area contributed by atoms with Crippen molar-refractivity contribution in [1.82, 2.24) is 5.32 Å². The third kappa shape index (κ3) is 3.77. The number of amides is 2. The van der Waals surface area contributed by atoms with E-state index < -0.39 is 17.5 Å². The maximum atomic E-state index is 15.0. The molecule has 1 aliphatic carbocycles. The predicted octanol–water partition coefficient (Wildman–Crippen LogP) is 5.45. The van der Waals surface area contributed by atoms with Crippen LogP contribution in [0.1, 0.15) is 30.9 Å². The Hall–Kier alpha value is -2.59. The van der Waals surface area contributed by atoms with Gasteiger partial charge in [-0.1, -0.05) is 46.0 Å². The molecule has 7 heteroatoms. The summed E-state index contributed by atoms with van der Waals surface area (Å²) in [5.74, 6) is 3.23. The van der Waals surface area contributed by atoms with Gasteiger partial charge in [0.25, 0.3) is 5.92 Å². The van der Waals surface area contributed by atoms with Crippen molar-refractivity contribution in [3.05, 3.63) is 58.1 Å². The number of carbonyl (C=O) groups excluding carboxylic acids is 1. The Morgan fingerprint density at radius 2 is 1.97 bits per heavy atom. The highest BCUT2D eigenvalue weighted by Crippen LogP contribution is 2.46. The van der Waals surface area contributed by atoms with Gasteiger partial charge in [0.05, 0.1) is 19.3 Å². The molecule has 30 heavy (non-hydrogen) atoms. The number of rotatable bonds is 4. The van der Waals surface area contributed by atoms with Crippen LogP contribution in [-0.2, 0) is 12.1 Å². The molecule has 0 radical (unpaired) electrons. The highest BCUT2D eigenvalue weighted by Gasteiger charge is 2.56. The largest absolute Gasteiger partial charge is 0.497 e. The van der Waals surface area contributed by atoms with E-state index in [9.17, 15) is 13.6 Å². The number of halogens is 3. The molecule has 1 aliphatic heterocycles. The number of anilines is 1. The number of nitrogens with one attached hydrogen (secondary N) is 1. The Labute approximate surface area is 182 Å². The maximum absolute atomic E-state index is 15.0. The second-order valence-corrected chi connectivity index (χ2v) is 8.62. The Morgan fingerprint density at radius 3 is 2.57 bits per heavy atom. The number of hydrogen-bond acceptors (Lipinski definition) is 2. The van der Waals surface area contributed by atoms with Crippen LogP contribution in [0.3, 0.4) is 0 Å². The fraction of sp³-hybridized carbons (Fsp3) is 0.348. The third-order valence-electron chi connectivity index (χ3n) is 5.39. The van der Waals surface area contributed by atoms with Crippen molar-refractivity contribution in [3.8, 4) is 17.6 Å². The number of alkyl halides is 2. The molecule has 0 aromatic heterocycles. The van der Waals surface area contributed by atoms with E-state index in [1.807, 2.05) is 12.1 Å². The van der Waals surface area contributed by atoms with E-state index in [0.717, 1.165) is 25.3 Å². The Balaban J connectivity index is 1.80. The van der Waals surface area contributed by atoms with Gasteiger partial charge in [0, 0.05) is 22.9 Å². The zero-order chi connectivity index (χ0) is 21.5. The minimum atomic E-state index is -3.28. The molecular weight excluding hydrogens is 454 g/mol. The van der Waals surface area contributed by atoms with Crippen molar-refractivity contribution < 1.29 is 18.3 Å². The van der Waals surface area contributed by atoms with Gasteiger partial charge >= 0.3 is 6.03 Å². The van der Waals surface area contributed by atoms with Crippen molar-refractivity contribution in [2.24, 2.45) is 5.92 Å². The second kappa shape index (κ2) is 7.59. The van der Waals surface area contributed by atoms with Gasteiger partial charge in [0.15, 0.2) is 5.54 Å². The summed E-state index contributed by atoms with van der Waals surface area (Å²) in [5.41, 5.74) is -0.522. The summed E-state index contributed by atoms with van der Waals surface area (Å²) >= 11 is 3.40. The summed E-state index contributed by atoms with van der Waals surface area (Å²) in [4.78, 5) is 14.6. The standard InChI is InChI=1S/C23H21BrF2N2O2/c1-22(25,26)23(12-11-15-3-4-15)19-10-7-17(24)13-20(19)28(21(29)27-23)14-16-5-8-18(30-2)9-6-16/h5-10,13,15H,3-4,14H2,1-2H3,(H,27,29)/t23-/m0/s1. The highest BCUT2D eigenvalue weighted by molar-refractivity contribution is 9.10. The van der Waals surface area contributed by atoms with Crippen molar-refractivity contribution in [3.63, 3.8) is 0 Å². The number of fused-ring (bicyclic) bond motifs is 1. The number of carbonyl (C=O) groups is 1. The highest BCUT2D eigenvalue weighted by atomic mass is 79.9. The van der Waals surface area contributed by atoms with Crippen molar-refractivity contribution >= 4 is 27.6 Å². The van der Waals surface area contributed by atoms with Gasteiger partial charge in [0.1, 0.15) is 5.75 Å². The van der Waals surface area contributed by atoms with E-state index in [2.05, 4.69) is 33.1 Å². The van der Waals surface area contributed by atoms with E-state index in [-0.39, 0.29) is 12.5 Å². The summed E-state index contributed by atoms with van der Waals surface area (Å²) in [7, 11) is 1.58. The number of urea groups is 1. The molecule has 4 rings (SSSR count). The van der Waals surface area contributed by atoms with Gasteiger partial charge in [-0.3, -0.25) is 4.90 Å². The van der Waals surface area contributed by atoms with Crippen molar-refractivity contribution in [2.45, 2.75) is 37.8 Å². The molecular formula is C23H21BrF2N2O2. The van der Waals surface area contributed by atoms with Gasteiger partial charge in [-0.2, -0.15) is 0 Å². The van der Waals surface area contributed by atoms with Crippen LogP contribution in [0.5, 0.6) is 5.75 Å². The first-order valence-electron chi connectivity index (χ1n) is 9.67. The molecule has 1 fully saturated rings. The van der Waals surface area contributed by atoms with Crippen molar-refractivity contribution in [1.29, 1.82) is 0 Å². The topological polar surface area (TPSA) is 41.6 Å². The first-order chi connectivity index (χ1) is 14.2. The van der Waals surface area contributed by atoms with Crippen LogP contribution in [0.4, 0.5) is 19.3 Å². The van der Waals surface area contributed by atoms with Crippen LogP contribution in [0.15, 0.2) is 46.9 Å². The summed E-state index contributed by atoms with van der Waals surface area (Å²) in [6.07, 6.45) is 1.81. The molecule has 2 aliphatic rings. The first-order valence-corrected chi connectivity index (χ1v) is 10.5. The van der Waals surface area contributed by atoms with Gasteiger partial charge in [-0.25, -0.2) is 13.6 Å². The predicted molar refractivity (Wildman–Crippen MR) is 115 cm³/mol. The fourth-order valence-corrected chi connectivity index (χ4v) is 3.86. The zero-order valence-corrected chi connectivity index (χ0v) is 18.2. The van der Waals surface area contributed by atoms with E-state index in [1.54, 1.807) is 37.4 Å². The lowest BCUT2D eigenvalue weighted by atomic mass is 9.81. The van der Waals surface area contributed by atoms with E-state index in [1.165, 1.54) is 4.90 Å². The lowest BCUT2D eigenvalue weighted by Crippen LogP contribution is -2.62. The van der Waals surface area contributed by atoms with Crippen LogP contribution in [0, 0.1) is 17.8 Å². The number of benzene rings is 2. The molecule has 2 amide bonds. The van der Waals surface area contributed by atoms with Gasteiger partial charge in [-0.15, -0.1) is 0 Å². The average molecular weight is 475 g/mol. The molecule has 1 N–H and O–H groups in total. The average Bonchev–Trinajstić information content (AvgIpc) is 3.53. The first kappa shape index (κ1) is 20.7. The van der Waals surface area contributed by atoms with Crippen LogP contribution in [0.25, 0.3) is 0 Å². The summed E-state index contributed by atoms with van der Waals surface area (Å²) in [6.45, 7) is 1.03. The Bertz CT molecular complexity index is 1040. The summed E-state index contributed by atoms with van der Waals surface area (Å²) in [5, 5.41) is 2.54. The molecule has 0 unspecified atom stereocenters. The van der Waals surface area contributed by atoms with Crippen molar-refractivity contribution in [2.75, 3.05) is 12.0 Å².